The van der Waals surface area contributed by atoms with Gasteiger partial charge < -0.3 is 16.2 Å². The molecule has 0 aliphatic rings. The quantitative estimate of drug-likeness (QED) is 0.739. The van der Waals surface area contributed by atoms with Gasteiger partial charge in [0.05, 0.1) is 12.6 Å². The molecule has 2 aromatic rings. The molecule has 0 spiro atoms. The Morgan fingerprint density at radius 2 is 2.15 bits per heavy atom. The van der Waals surface area contributed by atoms with Crippen LogP contribution in [0, 0.1) is 0 Å². The van der Waals surface area contributed by atoms with E-state index < -0.39 is 0 Å². The van der Waals surface area contributed by atoms with Crippen LogP contribution < -0.4 is 11.1 Å². The molecule has 5 nitrogen and oxygen atoms in total. The van der Waals surface area contributed by atoms with Crippen LogP contribution in [0.2, 0.25) is 0 Å². The fourth-order valence-electron chi connectivity index (χ4n) is 1.83. The first-order valence-corrected chi connectivity index (χ1v) is 7.21. The summed E-state index contributed by atoms with van der Waals surface area (Å²) < 4.78 is 0. The van der Waals surface area contributed by atoms with E-state index in [0.717, 1.165) is 10.6 Å². The van der Waals surface area contributed by atoms with Crippen molar-refractivity contribution in [2.75, 3.05) is 6.61 Å². The van der Waals surface area contributed by atoms with Gasteiger partial charge in [-0.3, -0.25) is 4.79 Å². The maximum atomic E-state index is 12.0. The summed E-state index contributed by atoms with van der Waals surface area (Å²) in [4.78, 5) is 16.1. The summed E-state index contributed by atoms with van der Waals surface area (Å²) in [5.74, 6) is -0.282. The summed E-state index contributed by atoms with van der Waals surface area (Å²) in [7, 11) is 0. The zero-order valence-electron chi connectivity index (χ0n) is 11.0. The highest BCUT2D eigenvalue weighted by molar-refractivity contribution is 7.09. The van der Waals surface area contributed by atoms with E-state index in [4.69, 9.17) is 5.73 Å². The van der Waals surface area contributed by atoms with E-state index in [0.29, 0.717) is 18.7 Å². The van der Waals surface area contributed by atoms with Crippen LogP contribution in [0.4, 0.5) is 0 Å². The van der Waals surface area contributed by atoms with Crippen LogP contribution in [-0.2, 0) is 13.0 Å². The first kappa shape index (κ1) is 14.6. The molecule has 1 heterocycles. The third-order valence-electron chi connectivity index (χ3n) is 2.84. The van der Waals surface area contributed by atoms with E-state index in [1.165, 1.54) is 11.3 Å². The van der Waals surface area contributed by atoms with Crippen molar-refractivity contribution in [3.63, 3.8) is 0 Å². The molecule has 2 rings (SSSR count). The number of carbonyl (C=O) groups is 1. The molecule has 0 saturated heterocycles. The van der Waals surface area contributed by atoms with E-state index in [1.807, 2.05) is 30.3 Å². The van der Waals surface area contributed by atoms with Gasteiger partial charge in [0.1, 0.15) is 10.7 Å². The molecule has 1 atom stereocenters. The van der Waals surface area contributed by atoms with Crippen molar-refractivity contribution in [3.05, 3.63) is 52.0 Å². The van der Waals surface area contributed by atoms with Gasteiger partial charge in [-0.25, -0.2) is 4.98 Å². The fourth-order valence-corrected chi connectivity index (χ4v) is 2.48. The van der Waals surface area contributed by atoms with Gasteiger partial charge in [0.2, 0.25) is 0 Å². The van der Waals surface area contributed by atoms with Gasteiger partial charge in [0.25, 0.3) is 5.91 Å². The number of hydrogen-bond donors (Lipinski definition) is 3. The average molecular weight is 291 g/mol. The molecule has 0 aliphatic carbocycles. The molecule has 106 valence electrons. The van der Waals surface area contributed by atoms with Crippen molar-refractivity contribution in [2.24, 2.45) is 5.73 Å². The number of benzene rings is 1. The smallest absolute Gasteiger partial charge is 0.271 e. The lowest BCUT2D eigenvalue weighted by molar-refractivity contribution is 0.0912. The SMILES string of the molecule is NCc1nc(C(=O)N[C@H](CO)Cc2ccccc2)cs1. The minimum absolute atomic E-state index is 0.117. The molecular formula is C14H17N3O2S. The maximum Gasteiger partial charge on any atom is 0.271 e. The second-order valence-corrected chi connectivity index (χ2v) is 5.32. The molecule has 0 bridgehead atoms. The molecule has 0 fully saturated rings. The van der Waals surface area contributed by atoms with Crippen LogP contribution in [0.15, 0.2) is 35.7 Å². The zero-order valence-corrected chi connectivity index (χ0v) is 11.8. The predicted octanol–water partition coefficient (Wildman–Crippen LogP) is 0.935. The van der Waals surface area contributed by atoms with Gasteiger partial charge in [-0.15, -0.1) is 11.3 Å². The van der Waals surface area contributed by atoms with Crippen LogP contribution in [-0.4, -0.2) is 28.6 Å². The van der Waals surface area contributed by atoms with Crippen molar-refractivity contribution in [2.45, 2.75) is 19.0 Å². The summed E-state index contributed by atoms with van der Waals surface area (Å²) in [6.07, 6.45) is 0.580. The fraction of sp³-hybridized carbons (Fsp3) is 0.286. The molecule has 0 radical (unpaired) electrons. The molecule has 6 heteroatoms. The minimum Gasteiger partial charge on any atom is -0.394 e. The van der Waals surface area contributed by atoms with E-state index >= 15 is 0 Å². The van der Waals surface area contributed by atoms with Gasteiger partial charge in [-0.2, -0.15) is 0 Å². The van der Waals surface area contributed by atoms with Gasteiger partial charge in [-0.1, -0.05) is 30.3 Å². The molecule has 0 unspecified atom stereocenters. The van der Waals surface area contributed by atoms with Crippen LogP contribution in [0.1, 0.15) is 21.1 Å². The molecule has 1 aromatic carbocycles. The van der Waals surface area contributed by atoms with Crippen molar-refractivity contribution in [3.8, 4) is 0 Å². The average Bonchev–Trinajstić information content (AvgIpc) is 2.96. The molecular weight excluding hydrogens is 274 g/mol. The summed E-state index contributed by atoms with van der Waals surface area (Å²) >= 11 is 1.36. The highest BCUT2D eigenvalue weighted by atomic mass is 32.1. The van der Waals surface area contributed by atoms with Gasteiger partial charge in [0, 0.05) is 11.9 Å². The third-order valence-corrected chi connectivity index (χ3v) is 3.71. The van der Waals surface area contributed by atoms with Crippen molar-refractivity contribution in [1.29, 1.82) is 0 Å². The van der Waals surface area contributed by atoms with Crippen molar-refractivity contribution >= 4 is 17.2 Å². The van der Waals surface area contributed by atoms with E-state index in [-0.39, 0.29) is 18.6 Å². The summed E-state index contributed by atoms with van der Waals surface area (Å²) in [6.45, 7) is 0.208. The maximum absolute atomic E-state index is 12.0. The van der Waals surface area contributed by atoms with Crippen LogP contribution in [0.3, 0.4) is 0 Å². The van der Waals surface area contributed by atoms with Gasteiger partial charge >= 0.3 is 0 Å². The predicted molar refractivity (Wildman–Crippen MR) is 78.5 cm³/mol. The highest BCUT2D eigenvalue weighted by Gasteiger charge is 2.15. The monoisotopic (exact) mass is 291 g/mol. The van der Waals surface area contributed by atoms with Crippen molar-refractivity contribution < 1.29 is 9.90 Å². The normalized spacial score (nSPS) is 12.1. The van der Waals surface area contributed by atoms with Crippen LogP contribution >= 0.6 is 11.3 Å². The number of nitrogens with zero attached hydrogens (tertiary/aromatic N) is 1. The van der Waals surface area contributed by atoms with E-state index in [1.54, 1.807) is 5.38 Å². The van der Waals surface area contributed by atoms with Crippen LogP contribution in [0.25, 0.3) is 0 Å². The Morgan fingerprint density at radius 3 is 2.75 bits per heavy atom. The number of amides is 1. The largest absolute Gasteiger partial charge is 0.394 e. The Morgan fingerprint density at radius 1 is 1.40 bits per heavy atom. The number of carbonyl (C=O) groups excluding carboxylic acids is 1. The Balaban J connectivity index is 1.97. The first-order chi connectivity index (χ1) is 9.72. The Bertz CT molecular complexity index is 557. The molecule has 0 saturated carbocycles. The van der Waals surface area contributed by atoms with Gasteiger partial charge in [0.15, 0.2) is 0 Å². The topological polar surface area (TPSA) is 88.2 Å². The third kappa shape index (κ3) is 3.86. The minimum atomic E-state index is -0.326. The van der Waals surface area contributed by atoms with Crippen molar-refractivity contribution in [1.82, 2.24) is 10.3 Å². The molecule has 1 aromatic heterocycles. The second-order valence-electron chi connectivity index (χ2n) is 4.37. The lowest BCUT2D eigenvalue weighted by Crippen LogP contribution is -2.39. The highest BCUT2D eigenvalue weighted by Crippen LogP contribution is 2.09. The van der Waals surface area contributed by atoms with E-state index in [9.17, 15) is 9.90 Å². The molecule has 0 aliphatic heterocycles. The zero-order chi connectivity index (χ0) is 14.4. The first-order valence-electron chi connectivity index (χ1n) is 6.33. The van der Waals surface area contributed by atoms with Gasteiger partial charge in [-0.05, 0) is 12.0 Å². The standard InChI is InChI=1S/C14H17N3O2S/c15-7-13-17-12(9-20-13)14(19)16-11(8-18)6-10-4-2-1-3-5-10/h1-5,9,11,18H,6-8,15H2,(H,16,19)/t11-/m0/s1. The lowest BCUT2D eigenvalue weighted by atomic mass is 10.1. The Hall–Kier alpha value is -1.76. The Labute approximate surface area is 121 Å². The summed E-state index contributed by atoms with van der Waals surface area (Å²) in [5, 5.41) is 14.6. The number of aromatic nitrogens is 1. The van der Waals surface area contributed by atoms with E-state index in [2.05, 4.69) is 10.3 Å². The van der Waals surface area contributed by atoms with Crippen LogP contribution in [0.5, 0.6) is 0 Å². The molecule has 20 heavy (non-hydrogen) atoms. The number of aliphatic hydroxyl groups is 1. The number of hydrogen-bond acceptors (Lipinski definition) is 5. The number of nitrogens with one attached hydrogen (secondary N) is 1. The summed E-state index contributed by atoms with van der Waals surface area (Å²) in [6, 6.07) is 9.39. The Kier molecular flexibility index (Phi) is 5.23. The number of aliphatic hydroxyl groups excluding tert-OH is 1. The number of rotatable bonds is 6. The molecule has 4 N–H and O–H groups in total. The lowest BCUT2D eigenvalue weighted by Gasteiger charge is -2.15. The second kappa shape index (κ2) is 7.14. The number of thiazole rings is 1. The molecule has 1 amide bonds. The number of nitrogens with two attached hydrogens (primary N) is 1. The summed E-state index contributed by atoms with van der Waals surface area (Å²) in [5.41, 5.74) is 6.88.